The highest BCUT2D eigenvalue weighted by atomic mass is 32.1. The largest absolute Gasteiger partial charge is 0.342 e. The molecule has 0 saturated carbocycles. The van der Waals surface area contributed by atoms with Gasteiger partial charge >= 0.3 is 0 Å². The summed E-state index contributed by atoms with van der Waals surface area (Å²) in [5.74, 6) is 0.502. The molecule has 2 heterocycles. The summed E-state index contributed by atoms with van der Waals surface area (Å²) < 4.78 is 4.78. The predicted molar refractivity (Wildman–Crippen MR) is 78.3 cm³/mol. The number of carbonyl (C=O) groups excluding carboxylic acids is 1. The number of aryl methyl sites for hydroxylation is 1. The van der Waals surface area contributed by atoms with Crippen LogP contribution in [0.3, 0.4) is 0 Å². The van der Waals surface area contributed by atoms with E-state index in [-0.39, 0.29) is 17.2 Å². The first-order chi connectivity index (χ1) is 10.1. The van der Waals surface area contributed by atoms with Gasteiger partial charge in [-0.3, -0.25) is 9.59 Å². The molecule has 3 rings (SSSR count). The topological polar surface area (TPSA) is 85.1 Å². The van der Waals surface area contributed by atoms with E-state index in [0.29, 0.717) is 22.0 Å². The van der Waals surface area contributed by atoms with Gasteiger partial charge in [0.1, 0.15) is 0 Å². The monoisotopic (exact) mass is 301 g/mol. The maximum absolute atomic E-state index is 12.1. The quantitative estimate of drug-likeness (QED) is 0.798. The molecule has 106 valence electrons. The highest BCUT2D eigenvalue weighted by molar-refractivity contribution is 7.12. The van der Waals surface area contributed by atoms with Crippen LogP contribution in [0.15, 0.2) is 39.6 Å². The van der Waals surface area contributed by atoms with Gasteiger partial charge in [0, 0.05) is 5.39 Å². The Labute approximate surface area is 123 Å². The molecule has 0 unspecified atom stereocenters. The van der Waals surface area contributed by atoms with E-state index in [1.54, 1.807) is 25.1 Å². The van der Waals surface area contributed by atoms with E-state index in [0.717, 1.165) is 16.7 Å². The minimum atomic E-state index is -0.335. The molecule has 7 heteroatoms. The Morgan fingerprint density at radius 1 is 1.38 bits per heavy atom. The van der Waals surface area contributed by atoms with E-state index in [4.69, 9.17) is 4.52 Å². The van der Waals surface area contributed by atoms with E-state index in [9.17, 15) is 9.59 Å². The molecule has 6 nitrogen and oxygen atoms in total. The third-order valence-electron chi connectivity index (χ3n) is 2.86. The van der Waals surface area contributed by atoms with Crippen molar-refractivity contribution >= 4 is 28.0 Å². The SMILES string of the molecule is Cc1noc(CNC(=O)c2cc3ccccc3c(=O)s2)n1. The average Bonchev–Trinajstić information content (AvgIpc) is 2.90. The summed E-state index contributed by atoms with van der Waals surface area (Å²) in [6.45, 7) is 1.83. The molecular weight excluding hydrogens is 290 g/mol. The van der Waals surface area contributed by atoms with Crippen LogP contribution in [0, 0.1) is 6.92 Å². The Morgan fingerprint density at radius 3 is 2.95 bits per heavy atom. The van der Waals surface area contributed by atoms with Crippen molar-refractivity contribution < 1.29 is 9.32 Å². The smallest absolute Gasteiger partial charge is 0.261 e. The van der Waals surface area contributed by atoms with E-state index in [2.05, 4.69) is 15.5 Å². The van der Waals surface area contributed by atoms with Crippen molar-refractivity contribution in [2.75, 3.05) is 0 Å². The second kappa shape index (κ2) is 5.45. The minimum Gasteiger partial charge on any atom is -0.342 e. The number of benzene rings is 1. The standard InChI is InChI=1S/C14H11N3O3S/c1-8-16-12(20-17-8)7-15-13(18)11-6-9-4-2-3-5-10(9)14(19)21-11/h2-6H,7H2,1H3,(H,15,18). The molecule has 0 fully saturated rings. The van der Waals surface area contributed by atoms with E-state index in [1.807, 2.05) is 12.1 Å². The fourth-order valence-corrected chi connectivity index (χ4v) is 2.75. The summed E-state index contributed by atoms with van der Waals surface area (Å²) in [6, 6.07) is 8.89. The maximum Gasteiger partial charge on any atom is 0.261 e. The van der Waals surface area contributed by atoms with E-state index in [1.165, 1.54) is 0 Å². The molecule has 0 aliphatic heterocycles. The number of aromatic nitrogens is 2. The van der Waals surface area contributed by atoms with Crippen LogP contribution in [0.1, 0.15) is 21.4 Å². The molecule has 3 aromatic rings. The summed E-state index contributed by atoms with van der Waals surface area (Å²) in [4.78, 5) is 28.4. The zero-order valence-electron chi connectivity index (χ0n) is 11.1. The lowest BCUT2D eigenvalue weighted by atomic mass is 10.2. The Hall–Kier alpha value is -2.54. The van der Waals surface area contributed by atoms with Crippen LogP contribution in [-0.2, 0) is 6.54 Å². The first-order valence-electron chi connectivity index (χ1n) is 6.24. The third kappa shape index (κ3) is 2.82. The average molecular weight is 301 g/mol. The van der Waals surface area contributed by atoms with Gasteiger partial charge in [0.25, 0.3) is 5.91 Å². The Bertz CT molecular complexity index is 869. The summed E-state index contributed by atoms with van der Waals surface area (Å²) in [5.41, 5.74) is 0. The Balaban J connectivity index is 1.83. The van der Waals surface area contributed by atoms with Crippen LogP contribution in [-0.4, -0.2) is 16.0 Å². The number of amides is 1. The second-order valence-corrected chi connectivity index (χ2v) is 5.42. The summed E-state index contributed by atoms with van der Waals surface area (Å²) in [6.07, 6.45) is 0. The van der Waals surface area contributed by atoms with Gasteiger partial charge in [0.05, 0.1) is 11.4 Å². The molecule has 1 aromatic carbocycles. The van der Waals surface area contributed by atoms with Gasteiger partial charge in [-0.2, -0.15) is 4.98 Å². The second-order valence-electron chi connectivity index (χ2n) is 4.40. The van der Waals surface area contributed by atoms with Crippen LogP contribution in [0.25, 0.3) is 10.8 Å². The predicted octanol–water partition coefficient (Wildman–Crippen LogP) is 1.88. The van der Waals surface area contributed by atoms with Crippen LogP contribution in [0.4, 0.5) is 0 Å². The molecule has 1 amide bonds. The number of fused-ring (bicyclic) bond motifs is 1. The molecule has 0 aliphatic rings. The molecule has 0 saturated heterocycles. The van der Waals surface area contributed by atoms with Gasteiger partial charge in [0.15, 0.2) is 5.82 Å². The minimum absolute atomic E-state index is 0.132. The number of nitrogens with one attached hydrogen (secondary N) is 1. The first-order valence-corrected chi connectivity index (χ1v) is 7.05. The fraction of sp³-hybridized carbons (Fsp3) is 0.143. The van der Waals surface area contributed by atoms with E-state index >= 15 is 0 Å². The lowest BCUT2D eigenvalue weighted by Gasteiger charge is -2.03. The maximum atomic E-state index is 12.1. The van der Waals surface area contributed by atoms with Crippen LogP contribution < -0.4 is 10.1 Å². The highest BCUT2D eigenvalue weighted by Crippen LogP contribution is 2.15. The highest BCUT2D eigenvalue weighted by Gasteiger charge is 2.11. The van der Waals surface area contributed by atoms with Crippen molar-refractivity contribution in [2.45, 2.75) is 13.5 Å². The summed E-state index contributed by atoms with van der Waals surface area (Å²) in [7, 11) is 0. The number of hydrogen-bond acceptors (Lipinski definition) is 6. The van der Waals surface area contributed by atoms with Gasteiger partial charge in [0.2, 0.25) is 10.6 Å². The van der Waals surface area contributed by atoms with Crippen molar-refractivity contribution in [3.63, 3.8) is 0 Å². The summed E-state index contributed by atoms with van der Waals surface area (Å²) in [5, 5.41) is 7.66. The zero-order chi connectivity index (χ0) is 14.8. The van der Waals surface area contributed by atoms with Gasteiger partial charge in [-0.1, -0.05) is 34.7 Å². The van der Waals surface area contributed by atoms with Crippen molar-refractivity contribution in [1.82, 2.24) is 15.5 Å². The number of nitrogens with zero attached hydrogens (tertiary/aromatic N) is 2. The third-order valence-corrected chi connectivity index (χ3v) is 3.79. The van der Waals surface area contributed by atoms with Crippen molar-refractivity contribution in [2.24, 2.45) is 0 Å². The zero-order valence-corrected chi connectivity index (χ0v) is 11.9. The molecule has 0 atom stereocenters. The normalized spacial score (nSPS) is 10.7. The van der Waals surface area contributed by atoms with Crippen LogP contribution in [0.2, 0.25) is 0 Å². The van der Waals surface area contributed by atoms with Crippen LogP contribution in [0.5, 0.6) is 0 Å². The van der Waals surface area contributed by atoms with Gasteiger partial charge in [-0.15, -0.1) is 0 Å². The molecule has 0 radical (unpaired) electrons. The molecule has 2 aromatic heterocycles. The summed E-state index contributed by atoms with van der Waals surface area (Å²) >= 11 is 0.921. The number of rotatable bonds is 3. The van der Waals surface area contributed by atoms with E-state index < -0.39 is 0 Å². The fourth-order valence-electron chi connectivity index (χ4n) is 1.90. The molecule has 21 heavy (non-hydrogen) atoms. The lowest BCUT2D eigenvalue weighted by Crippen LogP contribution is -2.23. The number of carbonyl (C=O) groups is 1. The molecule has 0 bridgehead atoms. The lowest BCUT2D eigenvalue weighted by molar-refractivity contribution is 0.0950. The molecule has 1 N–H and O–H groups in total. The number of hydrogen-bond donors (Lipinski definition) is 1. The first kappa shape index (κ1) is 13.4. The molecule has 0 aliphatic carbocycles. The van der Waals surface area contributed by atoms with Gasteiger partial charge in [-0.05, 0) is 24.4 Å². The molecule has 0 spiro atoms. The molecular formula is C14H11N3O3S. The van der Waals surface area contributed by atoms with Crippen molar-refractivity contribution in [3.05, 3.63) is 56.5 Å². The van der Waals surface area contributed by atoms with Gasteiger partial charge < -0.3 is 9.84 Å². The Morgan fingerprint density at radius 2 is 2.19 bits per heavy atom. The van der Waals surface area contributed by atoms with Gasteiger partial charge in [-0.25, -0.2) is 0 Å². The van der Waals surface area contributed by atoms with Crippen molar-refractivity contribution in [1.29, 1.82) is 0 Å². The van der Waals surface area contributed by atoms with Crippen LogP contribution >= 0.6 is 11.3 Å². The Kier molecular flexibility index (Phi) is 3.49. The van der Waals surface area contributed by atoms with Crippen molar-refractivity contribution in [3.8, 4) is 0 Å².